The molecule has 0 saturated heterocycles. The quantitative estimate of drug-likeness (QED) is 0.359. The largest absolute Gasteiger partial charge is 0.418 e. The molecule has 0 spiro atoms. The Morgan fingerprint density at radius 3 is 2.36 bits per heavy atom. The summed E-state index contributed by atoms with van der Waals surface area (Å²) in [5.74, 6) is -0.446. The number of ketones is 1. The highest BCUT2D eigenvalue weighted by Crippen LogP contribution is 2.36. The van der Waals surface area contributed by atoms with Gasteiger partial charge in [-0.2, -0.15) is 13.2 Å². The van der Waals surface area contributed by atoms with Crippen molar-refractivity contribution in [2.75, 3.05) is 5.32 Å². The fourth-order valence-corrected chi connectivity index (χ4v) is 4.61. The Balaban J connectivity index is 1.51. The second-order valence-electron chi connectivity index (χ2n) is 8.71. The minimum absolute atomic E-state index is 0.0161. The van der Waals surface area contributed by atoms with Crippen LogP contribution < -0.4 is 10.9 Å². The summed E-state index contributed by atoms with van der Waals surface area (Å²) in [4.78, 5) is 26.3. The zero-order valence-corrected chi connectivity index (χ0v) is 19.6. The molecule has 0 amide bonds. The van der Waals surface area contributed by atoms with Crippen LogP contribution in [0.1, 0.15) is 38.4 Å². The van der Waals surface area contributed by atoms with Crippen LogP contribution in [0, 0.1) is 13.8 Å². The molecular formula is C28H22F3N3O2. The highest BCUT2D eigenvalue weighted by molar-refractivity contribution is 6.20. The van der Waals surface area contributed by atoms with E-state index in [2.05, 4.69) is 5.32 Å². The highest BCUT2D eigenvalue weighted by Gasteiger charge is 2.34. The van der Waals surface area contributed by atoms with E-state index in [1.807, 2.05) is 30.3 Å². The SMILES string of the molecule is Cc1cc(/C=C2/Nc3ccn(Cc4ccccc4)c(=O)c3C2=O)c(C)n1-c1ccccc1C(F)(F)F. The molecule has 0 atom stereocenters. The van der Waals surface area contributed by atoms with Crippen molar-refractivity contribution in [1.82, 2.24) is 9.13 Å². The van der Waals surface area contributed by atoms with Crippen molar-refractivity contribution < 1.29 is 18.0 Å². The van der Waals surface area contributed by atoms with Crippen molar-refractivity contribution in [3.05, 3.63) is 123 Å². The lowest BCUT2D eigenvalue weighted by molar-refractivity contribution is -0.137. The van der Waals surface area contributed by atoms with Crippen LogP contribution in [0.3, 0.4) is 0 Å². The van der Waals surface area contributed by atoms with Gasteiger partial charge in [0.05, 0.1) is 29.2 Å². The van der Waals surface area contributed by atoms with Crippen molar-refractivity contribution in [1.29, 1.82) is 0 Å². The van der Waals surface area contributed by atoms with Crippen LogP contribution in [0.4, 0.5) is 18.9 Å². The first kappa shape index (κ1) is 23.4. The molecule has 36 heavy (non-hydrogen) atoms. The molecule has 0 aliphatic carbocycles. The number of para-hydroxylation sites is 1. The molecule has 0 bridgehead atoms. The van der Waals surface area contributed by atoms with E-state index in [9.17, 15) is 22.8 Å². The molecule has 182 valence electrons. The highest BCUT2D eigenvalue weighted by atomic mass is 19.4. The Hall–Kier alpha value is -4.33. The summed E-state index contributed by atoms with van der Waals surface area (Å²) < 4.78 is 43.9. The number of aryl methyl sites for hydroxylation is 1. The van der Waals surface area contributed by atoms with Crippen molar-refractivity contribution in [2.45, 2.75) is 26.6 Å². The van der Waals surface area contributed by atoms with Crippen LogP contribution >= 0.6 is 0 Å². The molecule has 2 aromatic carbocycles. The number of hydrogen-bond donors (Lipinski definition) is 1. The summed E-state index contributed by atoms with van der Waals surface area (Å²) >= 11 is 0. The van der Waals surface area contributed by atoms with E-state index >= 15 is 0 Å². The first-order valence-corrected chi connectivity index (χ1v) is 11.3. The fraction of sp³-hybridized carbons (Fsp3) is 0.143. The Bertz CT molecular complexity index is 1580. The van der Waals surface area contributed by atoms with Crippen LogP contribution in [0.15, 0.2) is 83.4 Å². The molecule has 2 aromatic heterocycles. The van der Waals surface area contributed by atoms with E-state index in [1.165, 1.54) is 21.3 Å². The van der Waals surface area contributed by atoms with Crippen LogP contribution in [0.2, 0.25) is 0 Å². The summed E-state index contributed by atoms with van der Waals surface area (Å²) in [5.41, 5.74) is 2.18. The maximum absolute atomic E-state index is 13.6. The van der Waals surface area contributed by atoms with Crippen LogP contribution in [-0.2, 0) is 12.7 Å². The van der Waals surface area contributed by atoms with Crippen LogP contribution in [0.5, 0.6) is 0 Å². The summed E-state index contributed by atoms with van der Waals surface area (Å²) in [6, 6.07) is 18.2. The second-order valence-corrected chi connectivity index (χ2v) is 8.71. The molecule has 0 unspecified atom stereocenters. The van der Waals surface area contributed by atoms with Gasteiger partial charge in [-0.3, -0.25) is 9.59 Å². The first-order chi connectivity index (χ1) is 17.1. The third kappa shape index (κ3) is 4.04. The number of hydrogen-bond acceptors (Lipinski definition) is 3. The van der Waals surface area contributed by atoms with Gasteiger partial charge in [-0.15, -0.1) is 0 Å². The van der Waals surface area contributed by atoms with Gasteiger partial charge >= 0.3 is 6.18 Å². The van der Waals surface area contributed by atoms with E-state index in [0.717, 1.165) is 11.6 Å². The normalized spacial score (nSPS) is 14.2. The number of allylic oxidation sites excluding steroid dienone is 1. The number of nitrogens with zero attached hydrogens (tertiary/aromatic N) is 2. The van der Waals surface area contributed by atoms with Crippen molar-refractivity contribution in [3.8, 4) is 5.69 Å². The van der Waals surface area contributed by atoms with Gasteiger partial charge in [0, 0.05) is 17.6 Å². The lowest BCUT2D eigenvalue weighted by Gasteiger charge is -2.16. The summed E-state index contributed by atoms with van der Waals surface area (Å²) in [5, 5.41) is 3.00. The number of pyridine rings is 1. The maximum Gasteiger partial charge on any atom is 0.418 e. The van der Waals surface area contributed by atoms with E-state index in [0.29, 0.717) is 29.2 Å². The smallest absolute Gasteiger partial charge is 0.351 e. The zero-order chi connectivity index (χ0) is 25.6. The van der Waals surface area contributed by atoms with Gasteiger partial charge in [-0.05, 0) is 55.3 Å². The van der Waals surface area contributed by atoms with Crippen LogP contribution in [-0.4, -0.2) is 14.9 Å². The minimum atomic E-state index is -4.51. The number of benzene rings is 2. The standard InChI is InChI=1S/C28H22F3N3O2/c1-17-14-20(18(2)34(17)24-11-7-6-10-21(24)28(29,30)31)15-23-26(35)25-22(32-23)12-13-33(27(25)36)16-19-8-4-3-5-9-19/h3-15,32H,16H2,1-2H3/b23-15+. The number of alkyl halides is 3. The maximum atomic E-state index is 13.6. The van der Waals surface area contributed by atoms with Gasteiger partial charge in [-0.25, -0.2) is 0 Å². The van der Waals surface area contributed by atoms with Crippen molar-refractivity contribution in [3.63, 3.8) is 0 Å². The molecule has 4 aromatic rings. The molecule has 0 fully saturated rings. The number of carbonyl (C=O) groups is 1. The average molecular weight is 489 g/mol. The van der Waals surface area contributed by atoms with E-state index in [-0.39, 0.29) is 16.9 Å². The molecule has 1 N–H and O–H groups in total. The predicted octanol–water partition coefficient (Wildman–Crippen LogP) is 5.97. The van der Waals surface area contributed by atoms with Gasteiger partial charge in [0.2, 0.25) is 5.78 Å². The fourth-order valence-electron chi connectivity index (χ4n) is 4.61. The number of halogens is 3. The number of nitrogens with one attached hydrogen (secondary N) is 1. The Kier molecular flexibility index (Phi) is 5.67. The molecule has 0 saturated carbocycles. The van der Waals surface area contributed by atoms with Gasteiger partial charge in [0.15, 0.2) is 0 Å². The van der Waals surface area contributed by atoms with E-state index < -0.39 is 23.1 Å². The van der Waals surface area contributed by atoms with Gasteiger partial charge in [0.1, 0.15) is 5.56 Å². The second kappa shape index (κ2) is 8.71. The number of rotatable bonds is 4. The Morgan fingerprint density at radius 2 is 1.64 bits per heavy atom. The van der Waals surface area contributed by atoms with Crippen molar-refractivity contribution in [2.24, 2.45) is 0 Å². The van der Waals surface area contributed by atoms with Crippen LogP contribution in [0.25, 0.3) is 11.8 Å². The number of Topliss-reactive ketones (excluding diaryl/α,β-unsaturated/α-hetero) is 1. The van der Waals surface area contributed by atoms with E-state index in [4.69, 9.17) is 0 Å². The summed E-state index contributed by atoms with van der Waals surface area (Å²) in [6.45, 7) is 3.74. The third-order valence-electron chi connectivity index (χ3n) is 6.32. The molecule has 1 aliphatic rings. The van der Waals surface area contributed by atoms with Gasteiger partial charge in [0.25, 0.3) is 5.56 Å². The first-order valence-electron chi connectivity index (χ1n) is 11.3. The number of carbonyl (C=O) groups excluding carboxylic acids is 1. The average Bonchev–Trinajstić information content (AvgIpc) is 3.31. The third-order valence-corrected chi connectivity index (χ3v) is 6.32. The molecule has 5 nitrogen and oxygen atoms in total. The zero-order valence-electron chi connectivity index (χ0n) is 19.6. The van der Waals surface area contributed by atoms with Gasteiger partial charge < -0.3 is 14.5 Å². The van der Waals surface area contributed by atoms with E-state index in [1.54, 1.807) is 44.3 Å². The number of anilines is 1. The monoisotopic (exact) mass is 489 g/mol. The minimum Gasteiger partial charge on any atom is -0.351 e. The molecule has 5 rings (SSSR count). The molecule has 8 heteroatoms. The number of aromatic nitrogens is 2. The topological polar surface area (TPSA) is 56.0 Å². The molecule has 3 heterocycles. The molecule has 1 aliphatic heterocycles. The summed E-state index contributed by atoms with van der Waals surface area (Å²) in [6.07, 6.45) is -1.29. The summed E-state index contributed by atoms with van der Waals surface area (Å²) in [7, 11) is 0. The Labute approximate surface area is 205 Å². The molecular weight excluding hydrogens is 467 g/mol. The molecule has 0 radical (unpaired) electrons. The van der Waals surface area contributed by atoms with Crippen molar-refractivity contribution >= 4 is 17.5 Å². The number of fused-ring (bicyclic) bond motifs is 1. The predicted molar refractivity (Wildman–Crippen MR) is 132 cm³/mol. The Morgan fingerprint density at radius 1 is 0.944 bits per heavy atom. The van der Waals surface area contributed by atoms with Gasteiger partial charge in [-0.1, -0.05) is 42.5 Å². The lowest BCUT2D eigenvalue weighted by atomic mass is 10.1. The lowest BCUT2D eigenvalue weighted by Crippen LogP contribution is -2.24.